The van der Waals surface area contributed by atoms with Gasteiger partial charge in [0.2, 0.25) is 0 Å². The maximum absolute atomic E-state index is 6.06. The highest BCUT2D eigenvalue weighted by Crippen LogP contribution is 2.13. The Labute approximate surface area is 107 Å². The van der Waals surface area contributed by atoms with Gasteiger partial charge in [-0.15, -0.1) is 0 Å². The SMILES string of the molecule is CCCCCCCCCC(Cl)OCCCC. The van der Waals surface area contributed by atoms with Gasteiger partial charge in [-0.2, -0.15) is 0 Å². The Morgan fingerprint density at radius 3 is 2.00 bits per heavy atom. The Morgan fingerprint density at radius 2 is 1.38 bits per heavy atom. The molecule has 0 fully saturated rings. The topological polar surface area (TPSA) is 9.23 Å². The van der Waals surface area contributed by atoms with Crippen LogP contribution in [0.2, 0.25) is 0 Å². The van der Waals surface area contributed by atoms with Gasteiger partial charge in [0.15, 0.2) is 0 Å². The average molecular weight is 249 g/mol. The van der Waals surface area contributed by atoms with Crippen LogP contribution in [0.5, 0.6) is 0 Å². The van der Waals surface area contributed by atoms with Crippen LogP contribution in [0.25, 0.3) is 0 Å². The van der Waals surface area contributed by atoms with E-state index >= 15 is 0 Å². The lowest BCUT2D eigenvalue weighted by Crippen LogP contribution is -2.06. The van der Waals surface area contributed by atoms with Crippen LogP contribution in [0.4, 0.5) is 0 Å². The highest BCUT2D eigenvalue weighted by Gasteiger charge is 2.03. The molecule has 0 amide bonds. The molecule has 0 spiro atoms. The van der Waals surface area contributed by atoms with Gasteiger partial charge >= 0.3 is 0 Å². The molecule has 0 aromatic rings. The first-order valence-electron chi connectivity index (χ1n) is 7.07. The van der Waals surface area contributed by atoms with Crippen LogP contribution in [0.15, 0.2) is 0 Å². The van der Waals surface area contributed by atoms with Crippen LogP contribution in [0.3, 0.4) is 0 Å². The number of hydrogen-bond acceptors (Lipinski definition) is 1. The third kappa shape index (κ3) is 12.3. The molecule has 0 aromatic carbocycles. The molecule has 1 nitrogen and oxygen atoms in total. The second-order valence-corrected chi connectivity index (χ2v) is 5.03. The van der Waals surface area contributed by atoms with Crippen molar-refractivity contribution in [1.82, 2.24) is 0 Å². The third-order valence-corrected chi connectivity index (χ3v) is 3.18. The van der Waals surface area contributed by atoms with Crippen molar-refractivity contribution in [1.29, 1.82) is 0 Å². The first kappa shape index (κ1) is 16.2. The second kappa shape index (κ2) is 13.3. The summed E-state index contributed by atoms with van der Waals surface area (Å²) >= 11 is 6.06. The first-order chi connectivity index (χ1) is 7.81. The molecule has 0 heterocycles. The molecule has 0 N–H and O–H groups in total. The fourth-order valence-corrected chi connectivity index (χ4v) is 1.94. The Hall–Kier alpha value is 0.250. The zero-order chi connectivity index (χ0) is 12.1. The Balaban J connectivity index is 3.06. The van der Waals surface area contributed by atoms with Crippen LogP contribution in [0.1, 0.15) is 78.1 Å². The van der Waals surface area contributed by atoms with Crippen molar-refractivity contribution in [2.24, 2.45) is 0 Å². The van der Waals surface area contributed by atoms with Crippen LogP contribution in [-0.2, 0) is 4.74 Å². The summed E-state index contributed by atoms with van der Waals surface area (Å²) in [5, 5.41) is 0. The quantitative estimate of drug-likeness (QED) is 0.327. The van der Waals surface area contributed by atoms with E-state index in [9.17, 15) is 0 Å². The lowest BCUT2D eigenvalue weighted by atomic mass is 10.1. The van der Waals surface area contributed by atoms with Crippen molar-refractivity contribution >= 4 is 11.6 Å². The number of hydrogen-bond donors (Lipinski definition) is 0. The van der Waals surface area contributed by atoms with E-state index in [4.69, 9.17) is 16.3 Å². The molecule has 2 heteroatoms. The molecule has 1 unspecified atom stereocenters. The fourth-order valence-electron chi connectivity index (χ4n) is 1.70. The number of ether oxygens (including phenoxy) is 1. The van der Waals surface area contributed by atoms with Gasteiger partial charge in [-0.3, -0.25) is 0 Å². The third-order valence-electron chi connectivity index (χ3n) is 2.83. The van der Waals surface area contributed by atoms with E-state index in [0.717, 1.165) is 19.4 Å². The zero-order valence-corrected chi connectivity index (χ0v) is 11.9. The lowest BCUT2D eigenvalue weighted by molar-refractivity contribution is 0.0975. The largest absolute Gasteiger partial charge is 0.362 e. The van der Waals surface area contributed by atoms with Gasteiger partial charge in [-0.1, -0.05) is 70.4 Å². The second-order valence-electron chi connectivity index (χ2n) is 4.54. The van der Waals surface area contributed by atoms with Gasteiger partial charge in [0.05, 0.1) is 0 Å². The summed E-state index contributed by atoms with van der Waals surface area (Å²) in [4.78, 5) is 0. The normalized spacial score (nSPS) is 12.9. The van der Waals surface area contributed by atoms with E-state index in [0.29, 0.717) is 0 Å². The van der Waals surface area contributed by atoms with Crippen LogP contribution < -0.4 is 0 Å². The number of rotatable bonds is 12. The molecule has 0 aliphatic carbocycles. The number of halogens is 1. The van der Waals surface area contributed by atoms with Gasteiger partial charge in [0, 0.05) is 6.61 Å². The summed E-state index contributed by atoms with van der Waals surface area (Å²) in [7, 11) is 0. The lowest BCUT2D eigenvalue weighted by Gasteiger charge is -2.10. The molecule has 98 valence electrons. The van der Waals surface area contributed by atoms with Gasteiger partial charge in [0.25, 0.3) is 0 Å². The molecule has 0 saturated carbocycles. The highest BCUT2D eigenvalue weighted by molar-refractivity contribution is 6.19. The Kier molecular flexibility index (Phi) is 13.5. The molecular formula is C14H29ClO. The molecule has 0 aromatic heterocycles. The smallest absolute Gasteiger partial charge is 0.131 e. The standard InChI is InChI=1S/C14H29ClO/c1-3-5-7-8-9-10-11-12-14(15)16-13-6-4-2/h14H,3-13H2,1-2H3. The van der Waals surface area contributed by atoms with Crippen molar-refractivity contribution in [3.63, 3.8) is 0 Å². The monoisotopic (exact) mass is 248 g/mol. The van der Waals surface area contributed by atoms with Crippen molar-refractivity contribution in [2.75, 3.05) is 6.61 Å². The minimum Gasteiger partial charge on any atom is -0.362 e. The van der Waals surface area contributed by atoms with Gasteiger partial charge in [-0.05, 0) is 19.3 Å². The summed E-state index contributed by atoms with van der Waals surface area (Å²) < 4.78 is 5.49. The van der Waals surface area contributed by atoms with Crippen LogP contribution in [-0.4, -0.2) is 12.2 Å². The molecule has 0 aliphatic heterocycles. The van der Waals surface area contributed by atoms with E-state index in [1.165, 1.54) is 51.4 Å². The van der Waals surface area contributed by atoms with Crippen molar-refractivity contribution < 1.29 is 4.74 Å². The van der Waals surface area contributed by atoms with Gasteiger partial charge < -0.3 is 4.74 Å². The minimum atomic E-state index is -0.0535. The average Bonchev–Trinajstić information content (AvgIpc) is 2.28. The molecule has 0 rings (SSSR count). The molecular weight excluding hydrogens is 220 g/mol. The predicted molar refractivity (Wildman–Crippen MR) is 73.1 cm³/mol. The fraction of sp³-hybridized carbons (Fsp3) is 1.00. The first-order valence-corrected chi connectivity index (χ1v) is 7.50. The molecule has 0 saturated heterocycles. The van der Waals surface area contributed by atoms with E-state index in [1.807, 2.05) is 0 Å². The Morgan fingerprint density at radius 1 is 0.812 bits per heavy atom. The van der Waals surface area contributed by atoms with Crippen molar-refractivity contribution in [3.05, 3.63) is 0 Å². The van der Waals surface area contributed by atoms with E-state index < -0.39 is 0 Å². The summed E-state index contributed by atoms with van der Waals surface area (Å²) in [6, 6.07) is 0. The number of alkyl halides is 1. The summed E-state index contributed by atoms with van der Waals surface area (Å²) in [6.45, 7) is 5.25. The molecule has 16 heavy (non-hydrogen) atoms. The van der Waals surface area contributed by atoms with Gasteiger partial charge in [0.1, 0.15) is 5.56 Å². The van der Waals surface area contributed by atoms with Crippen molar-refractivity contribution in [2.45, 2.75) is 83.6 Å². The summed E-state index contributed by atoms with van der Waals surface area (Å²) in [6.07, 6.45) is 12.7. The maximum Gasteiger partial charge on any atom is 0.131 e. The molecule has 1 atom stereocenters. The molecule has 0 aliphatic rings. The van der Waals surface area contributed by atoms with Crippen molar-refractivity contribution in [3.8, 4) is 0 Å². The molecule has 0 bridgehead atoms. The molecule has 0 radical (unpaired) electrons. The van der Waals surface area contributed by atoms with E-state index in [-0.39, 0.29) is 5.56 Å². The summed E-state index contributed by atoms with van der Waals surface area (Å²) in [5.41, 5.74) is -0.0535. The highest BCUT2D eigenvalue weighted by atomic mass is 35.5. The minimum absolute atomic E-state index is 0.0535. The summed E-state index contributed by atoms with van der Waals surface area (Å²) in [5.74, 6) is 0. The van der Waals surface area contributed by atoms with Crippen LogP contribution in [0, 0.1) is 0 Å². The van der Waals surface area contributed by atoms with Gasteiger partial charge in [-0.25, -0.2) is 0 Å². The Bertz CT molecular complexity index is 128. The van der Waals surface area contributed by atoms with Crippen LogP contribution >= 0.6 is 11.6 Å². The van der Waals surface area contributed by atoms with E-state index in [2.05, 4.69) is 13.8 Å². The van der Waals surface area contributed by atoms with E-state index in [1.54, 1.807) is 0 Å². The maximum atomic E-state index is 6.06. The predicted octanol–water partition coefficient (Wildman–Crippen LogP) is 5.51. The number of unbranched alkanes of at least 4 members (excludes halogenated alkanes) is 7. The zero-order valence-electron chi connectivity index (χ0n) is 11.1.